The fourth-order valence-corrected chi connectivity index (χ4v) is 2.35. The summed E-state index contributed by atoms with van der Waals surface area (Å²) < 4.78 is 15.1. The number of carbonyl (C=O) groups is 2. The molecule has 132 valence electrons. The van der Waals surface area contributed by atoms with E-state index in [1.807, 2.05) is 0 Å². The summed E-state index contributed by atoms with van der Waals surface area (Å²) in [4.78, 5) is 36.0. The van der Waals surface area contributed by atoms with E-state index in [1.54, 1.807) is 48.5 Å². The number of fused-ring (bicyclic) bond motifs is 1. The first-order valence-electron chi connectivity index (χ1n) is 7.71. The fourth-order valence-electron chi connectivity index (χ4n) is 2.35. The van der Waals surface area contributed by atoms with Gasteiger partial charge in [-0.3, -0.25) is 4.79 Å². The molecular formula is C19H15NO6. The molecule has 0 fully saturated rings. The number of amides is 1. The van der Waals surface area contributed by atoms with Gasteiger partial charge in [0.1, 0.15) is 16.9 Å². The quantitative estimate of drug-likeness (QED) is 0.560. The number of benzene rings is 2. The van der Waals surface area contributed by atoms with Gasteiger partial charge in [0.05, 0.1) is 12.8 Å². The van der Waals surface area contributed by atoms with Crippen molar-refractivity contribution in [2.45, 2.75) is 0 Å². The third kappa shape index (κ3) is 3.72. The highest BCUT2D eigenvalue weighted by molar-refractivity contribution is 5.97. The van der Waals surface area contributed by atoms with Crippen LogP contribution in [0.3, 0.4) is 0 Å². The van der Waals surface area contributed by atoms with Crippen LogP contribution < -0.4 is 15.7 Å². The number of hydrogen-bond donors (Lipinski definition) is 1. The van der Waals surface area contributed by atoms with E-state index >= 15 is 0 Å². The van der Waals surface area contributed by atoms with Crippen LogP contribution >= 0.6 is 0 Å². The van der Waals surface area contributed by atoms with Gasteiger partial charge in [0.2, 0.25) is 0 Å². The predicted molar refractivity (Wildman–Crippen MR) is 94.4 cm³/mol. The van der Waals surface area contributed by atoms with Gasteiger partial charge in [0.25, 0.3) is 5.91 Å². The standard InChI is InChI=1S/C19H15NO6/c1-24-16-9-5-3-7-14(16)20-17(21)11-25-18(22)13-10-12-6-2-4-8-15(12)26-19(13)23/h2-10H,11H2,1H3,(H,20,21). The smallest absolute Gasteiger partial charge is 0.351 e. The van der Waals surface area contributed by atoms with Crippen LogP contribution in [-0.4, -0.2) is 25.6 Å². The van der Waals surface area contributed by atoms with Crippen molar-refractivity contribution in [3.8, 4) is 5.75 Å². The molecule has 0 bridgehead atoms. The number of hydrogen-bond acceptors (Lipinski definition) is 6. The van der Waals surface area contributed by atoms with Crippen molar-refractivity contribution in [3.05, 3.63) is 70.6 Å². The van der Waals surface area contributed by atoms with Crippen molar-refractivity contribution in [3.63, 3.8) is 0 Å². The van der Waals surface area contributed by atoms with Gasteiger partial charge in [0, 0.05) is 5.39 Å². The lowest BCUT2D eigenvalue weighted by Crippen LogP contribution is -2.23. The molecule has 0 unspecified atom stereocenters. The van der Waals surface area contributed by atoms with Crippen LogP contribution in [-0.2, 0) is 9.53 Å². The molecule has 3 aromatic rings. The number of esters is 1. The number of rotatable bonds is 5. The third-order valence-corrected chi connectivity index (χ3v) is 3.58. The van der Waals surface area contributed by atoms with Crippen molar-refractivity contribution in [1.29, 1.82) is 0 Å². The molecule has 7 heteroatoms. The van der Waals surface area contributed by atoms with Gasteiger partial charge in [-0.15, -0.1) is 0 Å². The van der Waals surface area contributed by atoms with Crippen LogP contribution in [0.4, 0.5) is 5.69 Å². The summed E-state index contributed by atoms with van der Waals surface area (Å²) in [5, 5.41) is 3.15. The summed E-state index contributed by atoms with van der Waals surface area (Å²) in [6, 6.07) is 15.0. The van der Waals surface area contributed by atoms with Crippen LogP contribution in [0, 0.1) is 0 Å². The van der Waals surface area contributed by atoms with Crippen molar-refractivity contribution in [1.82, 2.24) is 0 Å². The summed E-state index contributed by atoms with van der Waals surface area (Å²) in [5.41, 5.74) is -0.281. The zero-order chi connectivity index (χ0) is 18.5. The predicted octanol–water partition coefficient (Wildman–Crippen LogP) is 2.60. The number of nitrogens with one attached hydrogen (secondary N) is 1. The van der Waals surface area contributed by atoms with Crippen molar-refractivity contribution >= 4 is 28.5 Å². The van der Waals surface area contributed by atoms with E-state index in [9.17, 15) is 14.4 Å². The minimum absolute atomic E-state index is 0.270. The van der Waals surface area contributed by atoms with Gasteiger partial charge in [-0.25, -0.2) is 9.59 Å². The summed E-state index contributed by atoms with van der Waals surface area (Å²) in [5.74, 6) is -1.02. The molecule has 7 nitrogen and oxygen atoms in total. The van der Waals surface area contributed by atoms with E-state index in [0.29, 0.717) is 22.4 Å². The molecule has 0 radical (unpaired) electrons. The zero-order valence-corrected chi connectivity index (χ0v) is 13.9. The Morgan fingerprint density at radius 3 is 2.62 bits per heavy atom. The number of methoxy groups -OCH3 is 1. The average Bonchev–Trinajstić information content (AvgIpc) is 2.66. The highest BCUT2D eigenvalue weighted by Gasteiger charge is 2.17. The molecule has 0 saturated carbocycles. The van der Waals surface area contributed by atoms with E-state index in [4.69, 9.17) is 13.9 Å². The first-order chi connectivity index (χ1) is 12.6. The van der Waals surface area contributed by atoms with Gasteiger partial charge >= 0.3 is 11.6 Å². The molecule has 1 aromatic heterocycles. The van der Waals surface area contributed by atoms with Crippen LogP contribution in [0.2, 0.25) is 0 Å². The molecule has 1 heterocycles. The van der Waals surface area contributed by atoms with Crippen molar-refractivity contribution in [2.75, 3.05) is 19.0 Å². The highest BCUT2D eigenvalue weighted by atomic mass is 16.5. The van der Waals surface area contributed by atoms with Gasteiger partial charge < -0.3 is 19.2 Å². The lowest BCUT2D eigenvalue weighted by Gasteiger charge is -2.10. The first kappa shape index (κ1) is 17.2. The molecule has 3 rings (SSSR count). The Hall–Kier alpha value is -3.61. The van der Waals surface area contributed by atoms with Crippen LogP contribution in [0.25, 0.3) is 11.0 Å². The van der Waals surface area contributed by atoms with E-state index in [2.05, 4.69) is 5.32 Å². The molecule has 0 saturated heterocycles. The number of carbonyl (C=O) groups excluding carboxylic acids is 2. The van der Waals surface area contributed by atoms with Crippen LogP contribution in [0.1, 0.15) is 10.4 Å². The van der Waals surface area contributed by atoms with Crippen LogP contribution in [0.15, 0.2) is 63.8 Å². The van der Waals surface area contributed by atoms with Gasteiger partial charge in [-0.2, -0.15) is 0 Å². The van der Waals surface area contributed by atoms with E-state index in [-0.39, 0.29) is 5.56 Å². The Bertz CT molecular complexity index is 1020. The average molecular weight is 353 g/mol. The summed E-state index contributed by atoms with van der Waals surface area (Å²) in [6.45, 7) is -0.552. The van der Waals surface area contributed by atoms with Gasteiger partial charge in [-0.05, 0) is 24.3 Å². The number of ether oxygens (including phenoxy) is 2. The monoisotopic (exact) mass is 353 g/mol. The Labute approximate surface area is 148 Å². The minimum atomic E-state index is -0.931. The van der Waals surface area contributed by atoms with E-state index in [0.717, 1.165) is 0 Å². The van der Waals surface area contributed by atoms with Crippen molar-refractivity contribution in [2.24, 2.45) is 0 Å². The van der Waals surface area contributed by atoms with Gasteiger partial charge in [-0.1, -0.05) is 30.3 Å². The summed E-state index contributed by atoms with van der Waals surface area (Å²) >= 11 is 0. The molecule has 26 heavy (non-hydrogen) atoms. The maximum Gasteiger partial charge on any atom is 0.351 e. The highest BCUT2D eigenvalue weighted by Crippen LogP contribution is 2.22. The molecular weight excluding hydrogens is 338 g/mol. The molecule has 2 aromatic carbocycles. The normalized spacial score (nSPS) is 10.3. The van der Waals surface area contributed by atoms with E-state index < -0.39 is 24.1 Å². The Kier molecular flexibility index (Phi) is 4.98. The Balaban J connectivity index is 1.68. The van der Waals surface area contributed by atoms with E-state index in [1.165, 1.54) is 13.2 Å². The second-order valence-electron chi connectivity index (χ2n) is 5.31. The molecule has 1 N–H and O–H groups in total. The third-order valence-electron chi connectivity index (χ3n) is 3.58. The summed E-state index contributed by atoms with van der Waals surface area (Å²) in [7, 11) is 1.48. The lowest BCUT2D eigenvalue weighted by atomic mass is 10.2. The topological polar surface area (TPSA) is 94.8 Å². The van der Waals surface area contributed by atoms with Crippen molar-refractivity contribution < 1.29 is 23.5 Å². The largest absolute Gasteiger partial charge is 0.495 e. The van der Waals surface area contributed by atoms with Crippen LogP contribution in [0.5, 0.6) is 5.75 Å². The fraction of sp³-hybridized carbons (Fsp3) is 0.105. The lowest BCUT2D eigenvalue weighted by molar-refractivity contribution is -0.119. The molecule has 1 amide bonds. The zero-order valence-electron chi connectivity index (χ0n) is 13.9. The first-order valence-corrected chi connectivity index (χ1v) is 7.71. The van der Waals surface area contributed by atoms with Gasteiger partial charge in [0.15, 0.2) is 6.61 Å². The second kappa shape index (κ2) is 7.52. The molecule has 0 atom stereocenters. The number of para-hydroxylation sites is 3. The molecule has 0 spiro atoms. The molecule has 0 aliphatic heterocycles. The molecule has 0 aliphatic rings. The summed E-state index contributed by atoms with van der Waals surface area (Å²) in [6.07, 6.45) is 0. The minimum Gasteiger partial charge on any atom is -0.495 e. The Morgan fingerprint density at radius 2 is 1.81 bits per heavy atom. The SMILES string of the molecule is COc1ccccc1NC(=O)COC(=O)c1cc2ccccc2oc1=O. The molecule has 0 aliphatic carbocycles. The second-order valence-corrected chi connectivity index (χ2v) is 5.31. The Morgan fingerprint density at radius 1 is 1.08 bits per heavy atom. The maximum absolute atomic E-state index is 12.1. The number of anilines is 1. The maximum atomic E-state index is 12.1.